The second-order valence-corrected chi connectivity index (χ2v) is 5.36. The Labute approximate surface area is 120 Å². The molecule has 1 amide bonds. The van der Waals surface area contributed by atoms with E-state index in [1.54, 1.807) is 11.0 Å². The van der Waals surface area contributed by atoms with Crippen molar-refractivity contribution in [3.63, 3.8) is 0 Å². The molecule has 0 saturated carbocycles. The number of hydrogen-bond acceptors (Lipinski definition) is 4. The maximum atomic E-state index is 12.5. The summed E-state index contributed by atoms with van der Waals surface area (Å²) in [6.07, 6.45) is 1.17. The lowest BCUT2D eigenvalue weighted by molar-refractivity contribution is -0.126. The predicted molar refractivity (Wildman–Crippen MR) is 81.1 cm³/mol. The molecule has 1 aliphatic rings. The largest absolute Gasteiger partial charge is 0.478 e. The van der Waals surface area contributed by atoms with E-state index in [0.29, 0.717) is 24.4 Å². The molecule has 0 saturated heterocycles. The Morgan fingerprint density at radius 2 is 2.15 bits per heavy atom. The van der Waals surface area contributed by atoms with Gasteiger partial charge in [0.25, 0.3) is 5.91 Å². The molecule has 0 fully saturated rings. The lowest BCUT2D eigenvalue weighted by Crippen LogP contribution is -2.46. The van der Waals surface area contributed by atoms with E-state index in [2.05, 4.69) is 4.90 Å². The van der Waals surface area contributed by atoms with E-state index in [9.17, 15) is 4.79 Å². The maximum Gasteiger partial charge on any atom is 0.268 e. The van der Waals surface area contributed by atoms with Crippen LogP contribution in [0.4, 0.5) is 11.4 Å². The molecule has 0 bridgehead atoms. The molecule has 20 heavy (non-hydrogen) atoms. The van der Waals surface area contributed by atoms with Gasteiger partial charge in [0.1, 0.15) is 11.4 Å². The summed E-state index contributed by atoms with van der Waals surface area (Å²) >= 11 is 0. The predicted octanol–water partition coefficient (Wildman–Crippen LogP) is 1.72. The number of benzene rings is 1. The minimum Gasteiger partial charge on any atom is -0.478 e. The van der Waals surface area contributed by atoms with Crippen LogP contribution in [-0.2, 0) is 4.79 Å². The van der Waals surface area contributed by atoms with Crippen LogP contribution in [0.15, 0.2) is 18.2 Å². The summed E-state index contributed by atoms with van der Waals surface area (Å²) in [6, 6.07) is 5.54. The summed E-state index contributed by atoms with van der Waals surface area (Å²) in [4.78, 5) is 16.4. The third-order valence-electron chi connectivity index (χ3n) is 3.47. The van der Waals surface area contributed by atoms with Gasteiger partial charge in [0.15, 0.2) is 6.10 Å². The van der Waals surface area contributed by atoms with E-state index >= 15 is 0 Å². The third kappa shape index (κ3) is 2.88. The van der Waals surface area contributed by atoms with Gasteiger partial charge in [-0.2, -0.15) is 0 Å². The van der Waals surface area contributed by atoms with E-state index in [1.807, 2.05) is 33.2 Å². The number of fused-ring (bicyclic) bond motifs is 1. The monoisotopic (exact) mass is 277 g/mol. The lowest BCUT2D eigenvalue weighted by Gasteiger charge is -2.35. The highest BCUT2D eigenvalue weighted by Gasteiger charge is 2.34. The van der Waals surface area contributed by atoms with Crippen molar-refractivity contribution in [1.29, 1.82) is 0 Å². The van der Waals surface area contributed by atoms with Crippen LogP contribution in [0, 0.1) is 0 Å². The summed E-state index contributed by atoms with van der Waals surface area (Å²) < 4.78 is 5.75. The van der Waals surface area contributed by atoms with Crippen molar-refractivity contribution in [2.75, 3.05) is 37.8 Å². The van der Waals surface area contributed by atoms with Crippen LogP contribution >= 0.6 is 0 Å². The zero-order chi connectivity index (χ0) is 14.7. The average molecular weight is 277 g/mol. The van der Waals surface area contributed by atoms with E-state index in [1.165, 1.54) is 0 Å². The fourth-order valence-electron chi connectivity index (χ4n) is 2.44. The van der Waals surface area contributed by atoms with Gasteiger partial charge in [0.05, 0.1) is 5.69 Å². The summed E-state index contributed by atoms with van der Waals surface area (Å²) in [6.45, 7) is 3.56. The lowest BCUT2D eigenvalue weighted by atomic mass is 10.1. The standard InChI is InChI=1S/C15H23N3O2/c1-4-12-15(19)18(10-6-9-17(2)3)14-11(16)7-5-8-13(14)20-12/h5,7-8,12H,4,6,9-10,16H2,1-3H3. The van der Waals surface area contributed by atoms with Crippen LogP contribution in [0.1, 0.15) is 19.8 Å². The van der Waals surface area contributed by atoms with Gasteiger partial charge in [-0.3, -0.25) is 4.79 Å². The first-order chi connectivity index (χ1) is 9.54. The number of carbonyl (C=O) groups is 1. The number of amides is 1. The Balaban J connectivity index is 2.25. The van der Waals surface area contributed by atoms with Crippen LogP contribution in [-0.4, -0.2) is 44.1 Å². The summed E-state index contributed by atoms with van der Waals surface area (Å²) in [5.74, 6) is 0.720. The van der Waals surface area contributed by atoms with Crippen LogP contribution < -0.4 is 15.4 Å². The third-order valence-corrected chi connectivity index (χ3v) is 3.47. The fraction of sp³-hybridized carbons (Fsp3) is 0.533. The van der Waals surface area contributed by atoms with Gasteiger partial charge >= 0.3 is 0 Å². The molecule has 1 aliphatic heterocycles. The normalized spacial score (nSPS) is 18.1. The maximum absolute atomic E-state index is 12.5. The van der Waals surface area contributed by atoms with Crippen molar-refractivity contribution in [2.24, 2.45) is 0 Å². The highest BCUT2D eigenvalue weighted by Crippen LogP contribution is 2.39. The first-order valence-electron chi connectivity index (χ1n) is 7.05. The molecule has 2 rings (SSSR count). The van der Waals surface area contributed by atoms with Crippen molar-refractivity contribution in [1.82, 2.24) is 4.90 Å². The zero-order valence-electron chi connectivity index (χ0n) is 12.4. The molecular weight excluding hydrogens is 254 g/mol. The molecule has 5 heteroatoms. The molecule has 1 unspecified atom stereocenters. The number of nitrogens with zero attached hydrogens (tertiary/aromatic N) is 2. The minimum absolute atomic E-state index is 0.0108. The Morgan fingerprint density at radius 3 is 2.80 bits per heavy atom. The van der Waals surface area contributed by atoms with Crippen molar-refractivity contribution >= 4 is 17.3 Å². The SMILES string of the molecule is CCC1Oc2cccc(N)c2N(CCCN(C)C)C1=O. The number of ether oxygens (including phenoxy) is 1. The van der Waals surface area contributed by atoms with Crippen LogP contribution in [0.5, 0.6) is 5.75 Å². The molecule has 1 aromatic rings. The Kier molecular flexibility index (Phi) is 4.49. The van der Waals surface area contributed by atoms with Gasteiger partial charge in [-0.05, 0) is 45.6 Å². The van der Waals surface area contributed by atoms with Gasteiger partial charge in [-0.25, -0.2) is 0 Å². The quantitative estimate of drug-likeness (QED) is 0.833. The smallest absolute Gasteiger partial charge is 0.268 e. The summed E-state index contributed by atoms with van der Waals surface area (Å²) in [5, 5.41) is 0. The molecule has 0 radical (unpaired) electrons. The highest BCUT2D eigenvalue weighted by molar-refractivity contribution is 6.02. The molecular formula is C15H23N3O2. The highest BCUT2D eigenvalue weighted by atomic mass is 16.5. The topological polar surface area (TPSA) is 58.8 Å². The van der Waals surface area contributed by atoms with E-state index in [0.717, 1.165) is 18.7 Å². The van der Waals surface area contributed by atoms with E-state index < -0.39 is 6.10 Å². The van der Waals surface area contributed by atoms with Gasteiger partial charge in [0, 0.05) is 6.54 Å². The zero-order valence-corrected chi connectivity index (χ0v) is 12.4. The van der Waals surface area contributed by atoms with Gasteiger partial charge in [-0.15, -0.1) is 0 Å². The number of nitrogen functional groups attached to an aromatic ring is 1. The number of carbonyl (C=O) groups excluding carboxylic acids is 1. The van der Waals surface area contributed by atoms with E-state index in [-0.39, 0.29) is 5.91 Å². The number of nitrogens with two attached hydrogens (primary N) is 1. The average Bonchev–Trinajstić information content (AvgIpc) is 2.40. The van der Waals surface area contributed by atoms with Crippen molar-refractivity contribution in [2.45, 2.75) is 25.9 Å². The number of anilines is 2. The van der Waals surface area contributed by atoms with Crippen molar-refractivity contribution in [3.8, 4) is 5.75 Å². The Hall–Kier alpha value is -1.75. The van der Waals surface area contributed by atoms with Crippen molar-refractivity contribution in [3.05, 3.63) is 18.2 Å². The van der Waals surface area contributed by atoms with E-state index in [4.69, 9.17) is 10.5 Å². The first-order valence-corrected chi connectivity index (χ1v) is 7.05. The number of para-hydroxylation sites is 1. The molecule has 5 nitrogen and oxygen atoms in total. The molecule has 1 atom stereocenters. The molecule has 1 heterocycles. The molecule has 110 valence electrons. The summed E-state index contributed by atoms with van der Waals surface area (Å²) in [5.41, 5.74) is 7.34. The second kappa shape index (κ2) is 6.13. The molecule has 0 spiro atoms. The van der Waals surface area contributed by atoms with Gasteiger partial charge in [-0.1, -0.05) is 13.0 Å². The van der Waals surface area contributed by atoms with Crippen LogP contribution in [0.25, 0.3) is 0 Å². The Morgan fingerprint density at radius 1 is 1.40 bits per heavy atom. The molecule has 1 aromatic carbocycles. The van der Waals surface area contributed by atoms with Crippen LogP contribution in [0.3, 0.4) is 0 Å². The van der Waals surface area contributed by atoms with Crippen LogP contribution in [0.2, 0.25) is 0 Å². The number of hydrogen-bond donors (Lipinski definition) is 1. The number of rotatable bonds is 5. The molecule has 0 aliphatic carbocycles. The fourth-order valence-corrected chi connectivity index (χ4v) is 2.44. The van der Waals surface area contributed by atoms with Gasteiger partial charge in [0.2, 0.25) is 0 Å². The molecule has 2 N–H and O–H groups in total. The van der Waals surface area contributed by atoms with Gasteiger partial charge < -0.3 is 20.3 Å². The summed E-state index contributed by atoms with van der Waals surface area (Å²) in [7, 11) is 4.05. The van der Waals surface area contributed by atoms with Crippen molar-refractivity contribution < 1.29 is 9.53 Å². The first kappa shape index (κ1) is 14.7. The second-order valence-electron chi connectivity index (χ2n) is 5.36. The Bertz CT molecular complexity index is 488. The molecule has 0 aromatic heterocycles. The minimum atomic E-state index is -0.399.